The van der Waals surface area contributed by atoms with E-state index in [0.29, 0.717) is 16.9 Å². The monoisotopic (exact) mass is 340 g/mol. The number of aryl methyl sites for hydroxylation is 1. The summed E-state index contributed by atoms with van der Waals surface area (Å²) in [5, 5.41) is 12.3. The zero-order valence-corrected chi connectivity index (χ0v) is 14.9. The van der Waals surface area contributed by atoms with Crippen LogP contribution in [0.1, 0.15) is 46.0 Å². The number of benzene rings is 2. The fourth-order valence-electron chi connectivity index (χ4n) is 2.66. The number of carboxylic acid groups (broad SMARTS) is 1. The molecule has 0 atom stereocenters. The van der Waals surface area contributed by atoms with Crippen molar-refractivity contribution >= 4 is 23.3 Å². The van der Waals surface area contributed by atoms with Crippen molar-refractivity contribution < 1.29 is 14.7 Å². The Kier molecular flexibility index (Phi) is 6.17. The molecule has 0 fully saturated rings. The first-order valence-corrected chi connectivity index (χ1v) is 8.39. The molecule has 0 aliphatic heterocycles. The van der Waals surface area contributed by atoms with Crippen LogP contribution in [0.5, 0.6) is 0 Å². The molecule has 25 heavy (non-hydrogen) atoms. The van der Waals surface area contributed by atoms with E-state index >= 15 is 0 Å². The van der Waals surface area contributed by atoms with Crippen molar-refractivity contribution in [3.8, 4) is 0 Å². The molecule has 2 N–H and O–H groups in total. The molecule has 0 saturated carbocycles. The first-order chi connectivity index (χ1) is 11.9. The molecule has 0 aromatic heterocycles. The molecule has 5 nitrogen and oxygen atoms in total. The number of nitrogens with zero attached hydrogens (tertiary/aromatic N) is 1. The zero-order chi connectivity index (χ0) is 18.4. The average molecular weight is 340 g/mol. The van der Waals surface area contributed by atoms with Crippen LogP contribution >= 0.6 is 0 Å². The Bertz CT molecular complexity index is 771. The van der Waals surface area contributed by atoms with Crippen LogP contribution in [0.2, 0.25) is 0 Å². The molecular formula is C20H24N2O3. The minimum absolute atomic E-state index is 0.182. The number of hydrogen-bond acceptors (Lipinski definition) is 3. The Labute approximate surface area is 148 Å². The Hall–Kier alpha value is -2.82. The maximum Gasteiger partial charge on any atom is 0.337 e. The number of aromatic carboxylic acids is 1. The van der Waals surface area contributed by atoms with Gasteiger partial charge in [0, 0.05) is 24.8 Å². The lowest BCUT2D eigenvalue weighted by atomic mass is 10.1. The SMILES string of the molecule is CCCCN(C)c1ccc(NC(=O)c2ccccc2C)cc1C(=O)O. The second-order valence-electron chi connectivity index (χ2n) is 6.08. The van der Waals surface area contributed by atoms with Gasteiger partial charge in [-0.3, -0.25) is 4.79 Å². The topological polar surface area (TPSA) is 69.6 Å². The van der Waals surface area contributed by atoms with Crippen molar-refractivity contribution in [2.75, 3.05) is 23.8 Å². The van der Waals surface area contributed by atoms with Crippen molar-refractivity contribution in [2.24, 2.45) is 0 Å². The molecule has 0 heterocycles. The van der Waals surface area contributed by atoms with Crippen LogP contribution in [0.4, 0.5) is 11.4 Å². The number of rotatable bonds is 7. The lowest BCUT2D eigenvalue weighted by Gasteiger charge is -2.21. The smallest absolute Gasteiger partial charge is 0.337 e. The number of anilines is 2. The van der Waals surface area contributed by atoms with Crippen LogP contribution in [0, 0.1) is 6.92 Å². The highest BCUT2D eigenvalue weighted by Crippen LogP contribution is 2.24. The van der Waals surface area contributed by atoms with Crippen molar-refractivity contribution in [2.45, 2.75) is 26.7 Å². The molecule has 0 bridgehead atoms. The van der Waals surface area contributed by atoms with Crippen LogP contribution in [-0.2, 0) is 0 Å². The predicted octanol–water partition coefficient (Wildman–Crippen LogP) is 4.18. The summed E-state index contributed by atoms with van der Waals surface area (Å²) in [6, 6.07) is 12.3. The Morgan fingerprint density at radius 1 is 1.12 bits per heavy atom. The second-order valence-corrected chi connectivity index (χ2v) is 6.08. The maximum atomic E-state index is 12.4. The third kappa shape index (κ3) is 4.59. The van der Waals surface area contributed by atoms with E-state index in [0.717, 1.165) is 24.9 Å². The summed E-state index contributed by atoms with van der Waals surface area (Å²) in [5.41, 5.74) is 2.74. The minimum Gasteiger partial charge on any atom is -0.478 e. The maximum absolute atomic E-state index is 12.4. The third-order valence-corrected chi connectivity index (χ3v) is 4.13. The lowest BCUT2D eigenvalue weighted by Crippen LogP contribution is -2.21. The summed E-state index contributed by atoms with van der Waals surface area (Å²) in [7, 11) is 1.88. The molecule has 0 unspecified atom stereocenters. The summed E-state index contributed by atoms with van der Waals surface area (Å²) in [4.78, 5) is 26.0. The van der Waals surface area contributed by atoms with E-state index in [1.54, 1.807) is 24.3 Å². The summed E-state index contributed by atoms with van der Waals surface area (Å²) >= 11 is 0. The normalized spacial score (nSPS) is 10.4. The largest absolute Gasteiger partial charge is 0.478 e. The molecule has 2 aromatic rings. The highest BCUT2D eigenvalue weighted by atomic mass is 16.4. The zero-order valence-electron chi connectivity index (χ0n) is 14.9. The highest BCUT2D eigenvalue weighted by molar-refractivity contribution is 6.06. The quantitative estimate of drug-likeness (QED) is 0.793. The fraction of sp³-hybridized carbons (Fsp3) is 0.300. The second kappa shape index (κ2) is 8.33. The van der Waals surface area contributed by atoms with Crippen LogP contribution in [0.25, 0.3) is 0 Å². The molecule has 0 saturated heterocycles. The molecule has 2 rings (SSSR count). The van der Waals surface area contributed by atoms with Gasteiger partial charge < -0.3 is 15.3 Å². The Morgan fingerprint density at radius 2 is 1.84 bits per heavy atom. The number of unbranched alkanes of at least 4 members (excludes halogenated alkanes) is 1. The first kappa shape index (κ1) is 18.5. The standard InChI is InChI=1S/C20H24N2O3/c1-4-5-12-22(3)18-11-10-15(13-17(18)20(24)25)21-19(23)16-9-7-6-8-14(16)2/h6-11,13H,4-5,12H2,1-3H3,(H,21,23)(H,24,25). The number of amides is 1. The van der Waals surface area contributed by atoms with Gasteiger partial charge in [-0.2, -0.15) is 0 Å². The van der Waals surface area contributed by atoms with Crippen molar-refractivity contribution in [3.05, 3.63) is 59.2 Å². The van der Waals surface area contributed by atoms with E-state index in [-0.39, 0.29) is 11.5 Å². The number of hydrogen-bond donors (Lipinski definition) is 2. The van der Waals surface area contributed by atoms with Gasteiger partial charge in [-0.25, -0.2) is 4.79 Å². The van der Waals surface area contributed by atoms with Gasteiger partial charge in [-0.1, -0.05) is 31.5 Å². The van der Waals surface area contributed by atoms with Gasteiger partial charge in [-0.05, 0) is 43.2 Å². The molecule has 0 aliphatic rings. The van der Waals surface area contributed by atoms with E-state index < -0.39 is 5.97 Å². The molecule has 2 aromatic carbocycles. The first-order valence-electron chi connectivity index (χ1n) is 8.39. The fourth-order valence-corrected chi connectivity index (χ4v) is 2.66. The summed E-state index contributed by atoms with van der Waals surface area (Å²) in [6.07, 6.45) is 2.03. The third-order valence-electron chi connectivity index (χ3n) is 4.13. The molecule has 5 heteroatoms. The van der Waals surface area contributed by atoms with Gasteiger partial charge in [0.2, 0.25) is 0 Å². The van der Waals surface area contributed by atoms with E-state index in [1.807, 2.05) is 31.0 Å². The van der Waals surface area contributed by atoms with E-state index in [2.05, 4.69) is 12.2 Å². The van der Waals surface area contributed by atoms with Gasteiger partial charge in [0.1, 0.15) is 0 Å². The van der Waals surface area contributed by atoms with Crippen molar-refractivity contribution in [1.29, 1.82) is 0 Å². The molecule has 0 aliphatic carbocycles. The number of carboxylic acids is 1. The minimum atomic E-state index is -1.01. The summed E-state index contributed by atoms with van der Waals surface area (Å²) in [6.45, 7) is 4.74. The van der Waals surface area contributed by atoms with Gasteiger partial charge in [-0.15, -0.1) is 0 Å². The van der Waals surface area contributed by atoms with Crippen LogP contribution < -0.4 is 10.2 Å². The highest BCUT2D eigenvalue weighted by Gasteiger charge is 2.16. The summed E-state index contributed by atoms with van der Waals surface area (Å²) < 4.78 is 0. The summed E-state index contributed by atoms with van der Waals surface area (Å²) in [5.74, 6) is -1.26. The Balaban J connectivity index is 2.25. The van der Waals surface area contributed by atoms with Gasteiger partial charge in [0.25, 0.3) is 5.91 Å². The average Bonchev–Trinajstić information content (AvgIpc) is 2.59. The lowest BCUT2D eigenvalue weighted by molar-refractivity contribution is 0.0697. The molecule has 132 valence electrons. The van der Waals surface area contributed by atoms with E-state index in [1.165, 1.54) is 6.07 Å². The van der Waals surface area contributed by atoms with E-state index in [9.17, 15) is 14.7 Å². The van der Waals surface area contributed by atoms with Gasteiger partial charge in [0.05, 0.1) is 11.3 Å². The Morgan fingerprint density at radius 3 is 2.48 bits per heavy atom. The van der Waals surface area contributed by atoms with E-state index in [4.69, 9.17) is 0 Å². The molecule has 1 amide bonds. The van der Waals surface area contributed by atoms with Crippen LogP contribution in [0.3, 0.4) is 0 Å². The number of carbonyl (C=O) groups is 2. The van der Waals surface area contributed by atoms with Gasteiger partial charge in [0.15, 0.2) is 0 Å². The predicted molar refractivity (Wildman–Crippen MR) is 101 cm³/mol. The number of carbonyl (C=O) groups excluding carboxylic acids is 1. The van der Waals surface area contributed by atoms with Gasteiger partial charge >= 0.3 is 5.97 Å². The van der Waals surface area contributed by atoms with Crippen LogP contribution in [-0.4, -0.2) is 30.6 Å². The van der Waals surface area contributed by atoms with Crippen molar-refractivity contribution in [3.63, 3.8) is 0 Å². The molecule has 0 radical (unpaired) electrons. The van der Waals surface area contributed by atoms with Crippen molar-refractivity contribution in [1.82, 2.24) is 0 Å². The molecular weight excluding hydrogens is 316 g/mol. The number of nitrogens with one attached hydrogen (secondary N) is 1. The molecule has 0 spiro atoms. The van der Waals surface area contributed by atoms with Crippen LogP contribution in [0.15, 0.2) is 42.5 Å².